The molecule has 1 heterocycles. The van der Waals surface area contributed by atoms with Crippen LogP contribution in [0.2, 0.25) is 0 Å². The van der Waals surface area contributed by atoms with E-state index in [-0.39, 0.29) is 11.9 Å². The van der Waals surface area contributed by atoms with E-state index in [1.165, 1.54) is 6.92 Å². The summed E-state index contributed by atoms with van der Waals surface area (Å²) in [6.45, 7) is 5.06. The van der Waals surface area contributed by atoms with Gasteiger partial charge < -0.3 is 20.7 Å². The van der Waals surface area contributed by atoms with Crippen LogP contribution in [0.3, 0.4) is 0 Å². The van der Waals surface area contributed by atoms with Crippen LogP contribution in [0.25, 0.3) is 0 Å². The van der Waals surface area contributed by atoms with E-state index in [0.29, 0.717) is 31.6 Å². The Hall–Kier alpha value is -2.12. The molecule has 8 nitrogen and oxygen atoms in total. The first-order valence-electron chi connectivity index (χ1n) is 6.20. The molecule has 0 spiro atoms. The van der Waals surface area contributed by atoms with Crippen molar-refractivity contribution in [3.05, 3.63) is 0 Å². The second-order valence-corrected chi connectivity index (χ2v) is 3.77. The fourth-order valence-corrected chi connectivity index (χ4v) is 1.22. The molecule has 3 N–H and O–H groups in total. The number of ether oxygens (including phenoxy) is 1. The summed E-state index contributed by atoms with van der Waals surface area (Å²) in [4.78, 5) is 23.1. The van der Waals surface area contributed by atoms with Gasteiger partial charge in [0.05, 0.1) is 6.61 Å². The number of carbonyl (C=O) groups is 1. The minimum absolute atomic E-state index is 0.0691. The van der Waals surface area contributed by atoms with Gasteiger partial charge in [0.2, 0.25) is 17.8 Å². The maximum Gasteiger partial charge on any atom is 0.323 e. The van der Waals surface area contributed by atoms with Crippen molar-refractivity contribution in [1.29, 1.82) is 0 Å². The molecule has 8 heteroatoms. The van der Waals surface area contributed by atoms with E-state index in [2.05, 4.69) is 30.9 Å². The largest absolute Gasteiger partial charge is 0.463 e. The number of amides is 1. The lowest BCUT2D eigenvalue weighted by Gasteiger charge is -2.09. The van der Waals surface area contributed by atoms with Gasteiger partial charge in [-0.3, -0.25) is 4.79 Å². The third kappa shape index (κ3) is 5.84. The Morgan fingerprint density at radius 3 is 2.58 bits per heavy atom. The summed E-state index contributed by atoms with van der Waals surface area (Å²) in [5, 5.41) is 8.51. The molecule has 0 aliphatic heterocycles. The van der Waals surface area contributed by atoms with Gasteiger partial charge in [-0.15, -0.1) is 0 Å². The Bertz CT molecular complexity index is 412. The summed E-state index contributed by atoms with van der Waals surface area (Å²) < 4.78 is 5.37. The standard InChI is InChI=1S/C11H20N6O2/c1-4-7-19-11-16-9(12-3)15-10(17-11)14-6-5-13-8(2)18/h4-7H2,1-3H3,(H,13,18)(H2,12,14,15,16,17). The zero-order chi connectivity index (χ0) is 14.1. The molecule has 1 aromatic heterocycles. The van der Waals surface area contributed by atoms with E-state index < -0.39 is 0 Å². The maximum absolute atomic E-state index is 10.7. The number of nitrogens with zero attached hydrogens (tertiary/aromatic N) is 3. The fourth-order valence-electron chi connectivity index (χ4n) is 1.22. The number of anilines is 2. The molecule has 1 rings (SSSR count). The highest BCUT2D eigenvalue weighted by Gasteiger charge is 2.06. The molecule has 0 bridgehead atoms. The van der Waals surface area contributed by atoms with Crippen LogP contribution in [-0.2, 0) is 4.79 Å². The van der Waals surface area contributed by atoms with Gasteiger partial charge in [-0.25, -0.2) is 0 Å². The zero-order valence-corrected chi connectivity index (χ0v) is 11.5. The van der Waals surface area contributed by atoms with E-state index in [1.807, 2.05) is 6.92 Å². The lowest BCUT2D eigenvalue weighted by molar-refractivity contribution is -0.118. The minimum Gasteiger partial charge on any atom is -0.463 e. The van der Waals surface area contributed by atoms with Crippen molar-refractivity contribution in [1.82, 2.24) is 20.3 Å². The minimum atomic E-state index is -0.0691. The third-order valence-corrected chi connectivity index (χ3v) is 2.06. The summed E-state index contributed by atoms with van der Waals surface area (Å²) >= 11 is 0. The van der Waals surface area contributed by atoms with Crippen LogP contribution >= 0.6 is 0 Å². The summed E-state index contributed by atoms with van der Waals surface area (Å²) in [6.07, 6.45) is 0.881. The number of carbonyl (C=O) groups excluding carboxylic acids is 1. The first kappa shape index (κ1) is 14.9. The number of nitrogens with one attached hydrogen (secondary N) is 3. The molecule has 0 aromatic carbocycles. The molecule has 0 fully saturated rings. The van der Waals surface area contributed by atoms with Crippen LogP contribution in [-0.4, -0.2) is 47.6 Å². The van der Waals surface area contributed by atoms with Crippen molar-refractivity contribution in [3.63, 3.8) is 0 Å². The topological polar surface area (TPSA) is 101 Å². The first-order valence-corrected chi connectivity index (χ1v) is 6.20. The molecule has 0 aliphatic rings. The van der Waals surface area contributed by atoms with E-state index in [0.717, 1.165) is 6.42 Å². The van der Waals surface area contributed by atoms with Gasteiger partial charge in [0.1, 0.15) is 0 Å². The van der Waals surface area contributed by atoms with E-state index in [1.54, 1.807) is 7.05 Å². The van der Waals surface area contributed by atoms with Crippen LogP contribution in [0.15, 0.2) is 0 Å². The molecule has 106 valence electrons. The van der Waals surface area contributed by atoms with Gasteiger partial charge in [0, 0.05) is 27.1 Å². The molecular weight excluding hydrogens is 248 g/mol. The fraction of sp³-hybridized carbons (Fsp3) is 0.636. The zero-order valence-electron chi connectivity index (χ0n) is 11.5. The highest BCUT2D eigenvalue weighted by Crippen LogP contribution is 2.10. The number of rotatable bonds is 8. The Morgan fingerprint density at radius 1 is 1.21 bits per heavy atom. The van der Waals surface area contributed by atoms with Crippen molar-refractivity contribution >= 4 is 17.8 Å². The summed E-state index contributed by atoms with van der Waals surface area (Å²) in [7, 11) is 1.72. The van der Waals surface area contributed by atoms with Crippen LogP contribution in [0, 0.1) is 0 Å². The third-order valence-electron chi connectivity index (χ3n) is 2.06. The van der Waals surface area contributed by atoms with Gasteiger partial charge in [-0.1, -0.05) is 6.92 Å². The van der Waals surface area contributed by atoms with Crippen LogP contribution < -0.4 is 20.7 Å². The maximum atomic E-state index is 10.7. The highest BCUT2D eigenvalue weighted by molar-refractivity contribution is 5.72. The van der Waals surface area contributed by atoms with E-state index in [4.69, 9.17) is 4.74 Å². The monoisotopic (exact) mass is 268 g/mol. The molecule has 1 amide bonds. The molecule has 0 unspecified atom stereocenters. The van der Waals surface area contributed by atoms with Gasteiger partial charge in [-0.05, 0) is 6.42 Å². The molecule has 0 saturated heterocycles. The predicted octanol–water partition coefficient (Wildman–Crippen LogP) is 0.250. The smallest absolute Gasteiger partial charge is 0.323 e. The molecule has 0 saturated carbocycles. The normalized spacial score (nSPS) is 9.84. The Balaban J connectivity index is 2.57. The van der Waals surface area contributed by atoms with E-state index in [9.17, 15) is 4.79 Å². The number of hydrogen-bond acceptors (Lipinski definition) is 7. The molecule has 1 aromatic rings. The van der Waals surface area contributed by atoms with Gasteiger partial charge in [0.15, 0.2) is 0 Å². The van der Waals surface area contributed by atoms with Gasteiger partial charge in [0.25, 0.3) is 0 Å². The Morgan fingerprint density at radius 2 is 1.95 bits per heavy atom. The molecule has 0 atom stereocenters. The van der Waals surface area contributed by atoms with E-state index >= 15 is 0 Å². The highest BCUT2D eigenvalue weighted by atomic mass is 16.5. The van der Waals surface area contributed by atoms with Crippen molar-refractivity contribution < 1.29 is 9.53 Å². The molecule has 0 aliphatic carbocycles. The molecule has 19 heavy (non-hydrogen) atoms. The second-order valence-electron chi connectivity index (χ2n) is 3.77. The number of aromatic nitrogens is 3. The SMILES string of the molecule is CCCOc1nc(NC)nc(NCCNC(C)=O)n1. The summed E-state index contributed by atoms with van der Waals surface area (Å²) in [5.41, 5.74) is 0. The van der Waals surface area contributed by atoms with Crippen molar-refractivity contribution in [2.75, 3.05) is 37.4 Å². The lowest BCUT2D eigenvalue weighted by Crippen LogP contribution is -2.26. The average Bonchev–Trinajstić information content (AvgIpc) is 2.41. The van der Waals surface area contributed by atoms with Crippen LogP contribution in [0.1, 0.15) is 20.3 Å². The lowest BCUT2D eigenvalue weighted by atomic mass is 10.5. The Kier molecular flexibility index (Phi) is 6.34. The molecule has 0 radical (unpaired) electrons. The van der Waals surface area contributed by atoms with Gasteiger partial charge >= 0.3 is 6.01 Å². The van der Waals surface area contributed by atoms with Crippen molar-refractivity contribution in [2.24, 2.45) is 0 Å². The molecular formula is C11H20N6O2. The average molecular weight is 268 g/mol. The summed E-state index contributed by atoms with van der Waals surface area (Å²) in [5.74, 6) is 0.777. The van der Waals surface area contributed by atoms with Crippen LogP contribution in [0.5, 0.6) is 6.01 Å². The first-order chi connectivity index (χ1) is 9.15. The predicted molar refractivity (Wildman–Crippen MR) is 72.3 cm³/mol. The summed E-state index contributed by atoms with van der Waals surface area (Å²) in [6, 6.07) is 0.281. The van der Waals surface area contributed by atoms with Crippen LogP contribution in [0.4, 0.5) is 11.9 Å². The Labute approximate surface area is 112 Å². The van der Waals surface area contributed by atoms with Crippen molar-refractivity contribution in [3.8, 4) is 6.01 Å². The quantitative estimate of drug-likeness (QED) is 0.581. The van der Waals surface area contributed by atoms with Gasteiger partial charge in [-0.2, -0.15) is 15.0 Å². The number of hydrogen-bond donors (Lipinski definition) is 3. The van der Waals surface area contributed by atoms with Crippen molar-refractivity contribution in [2.45, 2.75) is 20.3 Å². The second kappa shape index (κ2) is 8.06.